The fourth-order valence-corrected chi connectivity index (χ4v) is 1.84. The smallest absolute Gasteiger partial charge is 0.164 e. The van der Waals surface area contributed by atoms with Crippen LogP contribution in [0.4, 0.5) is 0 Å². The molecule has 4 nitrogen and oxygen atoms in total. The number of hydrogen-bond donors (Lipinski definition) is 0. The normalized spacial score (nSPS) is 11.1. The summed E-state index contributed by atoms with van der Waals surface area (Å²) in [6, 6.07) is 4.26. The Bertz CT molecular complexity index is 537. The molecule has 0 bridgehead atoms. The van der Waals surface area contributed by atoms with Crippen molar-refractivity contribution in [1.29, 1.82) is 0 Å². The number of hydrogen-bond acceptors (Lipinski definition) is 2. The maximum Gasteiger partial charge on any atom is 0.164 e. The van der Waals surface area contributed by atoms with Crippen molar-refractivity contribution in [3.8, 4) is 0 Å². The van der Waals surface area contributed by atoms with Gasteiger partial charge in [-0.05, 0) is 26.0 Å². The van der Waals surface area contributed by atoms with Crippen LogP contribution >= 0.6 is 0 Å². The second-order valence-corrected chi connectivity index (χ2v) is 4.73. The highest BCUT2D eigenvalue weighted by Crippen LogP contribution is 2.09. The van der Waals surface area contributed by atoms with Crippen LogP contribution in [0.15, 0.2) is 30.7 Å². The largest absolute Gasteiger partial charge is 0.348 e. The molecule has 2 aromatic rings. The van der Waals surface area contributed by atoms with Gasteiger partial charge in [0.25, 0.3) is 0 Å². The summed E-state index contributed by atoms with van der Waals surface area (Å²) in [6.45, 7) is 6.79. The lowest BCUT2D eigenvalue weighted by Crippen LogP contribution is -2.04. The molecule has 2 aromatic heterocycles. The average Bonchev–Trinajstić information content (AvgIpc) is 2.98. The van der Waals surface area contributed by atoms with Crippen molar-refractivity contribution in [2.75, 3.05) is 0 Å². The molecule has 0 radical (unpaired) electrons. The Morgan fingerprint density at radius 2 is 2.11 bits per heavy atom. The van der Waals surface area contributed by atoms with Gasteiger partial charge in [0.05, 0.1) is 12.2 Å². The summed E-state index contributed by atoms with van der Waals surface area (Å²) in [5.41, 5.74) is 1.79. The highest BCUT2D eigenvalue weighted by atomic mass is 16.1. The third kappa shape index (κ3) is 2.70. The topological polar surface area (TPSA) is 39.8 Å². The molecule has 4 heteroatoms. The van der Waals surface area contributed by atoms with E-state index >= 15 is 0 Å². The number of nitrogens with zero attached hydrogens (tertiary/aromatic N) is 3. The van der Waals surface area contributed by atoms with Crippen LogP contribution in [0.5, 0.6) is 0 Å². The minimum atomic E-state index is 0.182. The molecule has 0 saturated heterocycles. The highest BCUT2D eigenvalue weighted by molar-refractivity contribution is 5.95. The molecule has 0 aliphatic carbocycles. The number of Topliss-reactive ketones (excluding diaryl/α,β-unsaturated/α-hetero) is 1. The molecular weight excluding hydrogens is 226 g/mol. The Morgan fingerprint density at radius 3 is 2.72 bits per heavy atom. The number of carbonyl (C=O) groups is 1. The number of aromatic nitrogens is 3. The van der Waals surface area contributed by atoms with Crippen LogP contribution in [0, 0.1) is 0 Å². The summed E-state index contributed by atoms with van der Waals surface area (Å²) in [5.74, 6) is 0.182. The van der Waals surface area contributed by atoms with Gasteiger partial charge in [-0.15, -0.1) is 0 Å². The summed E-state index contributed by atoms with van der Waals surface area (Å²) in [6.07, 6.45) is 6.35. The minimum absolute atomic E-state index is 0.182. The predicted molar refractivity (Wildman–Crippen MR) is 70.8 cm³/mol. The van der Waals surface area contributed by atoms with Gasteiger partial charge in [-0.1, -0.05) is 6.92 Å². The molecule has 18 heavy (non-hydrogen) atoms. The minimum Gasteiger partial charge on any atom is -0.348 e. The van der Waals surface area contributed by atoms with Crippen molar-refractivity contribution in [2.45, 2.75) is 39.8 Å². The molecule has 96 valence electrons. The lowest BCUT2D eigenvalue weighted by Gasteiger charge is -2.04. The van der Waals surface area contributed by atoms with Gasteiger partial charge in [-0.25, -0.2) is 0 Å². The second-order valence-electron chi connectivity index (χ2n) is 4.73. The zero-order chi connectivity index (χ0) is 13.1. The fourth-order valence-electron chi connectivity index (χ4n) is 1.84. The third-order valence-corrected chi connectivity index (χ3v) is 2.93. The zero-order valence-electron chi connectivity index (χ0n) is 11.1. The van der Waals surface area contributed by atoms with E-state index < -0.39 is 0 Å². The van der Waals surface area contributed by atoms with Crippen molar-refractivity contribution < 1.29 is 4.79 Å². The third-order valence-electron chi connectivity index (χ3n) is 2.93. The first-order valence-corrected chi connectivity index (χ1v) is 6.33. The molecule has 0 amide bonds. The van der Waals surface area contributed by atoms with Gasteiger partial charge in [0.15, 0.2) is 5.78 Å². The van der Waals surface area contributed by atoms with Crippen LogP contribution in [-0.4, -0.2) is 20.1 Å². The first-order chi connectivity index (χ1) is 8.60. The van der Waals surface area contributed by atoms with Crippen LogP contribution in [0.25, 0.3) is 0 Å². The van der Waals surface area contributed by atoms with E-state index in [1.807, 2.05) is 46.9 Å². The quantitative estimate of drug-likeness (QED) is 0.760. The highest BCUT2D eigenvalue weighted by Gasteiger charge is 2.06. The summed E-state index contributed by atoms with van der Waals surface area (Å²) in [7, 11) is 0. The van der Waals surface area contributed by atoms with E-state index in [0.29, 0.717) is 19.0 Å². The van der Waals surface area contributed by atoms with Gasteiger partial charge >= 0.3 is 0 Å². The number of rotatable bonds is 5. The molecule has 0 spiro atoms. The Morgan fingerprint density at radius 1 is 1.33 bits per heavy atom. The van der Waals surface area contributed by atoms with Gasteiger partial charge in [-0.2, -0.15) is 5.10 Å². The monoisotopic (exact) mass is 245 g/mol. The van der Waals surface area contributed by atoms with Crippen LogP contribution in [0.3, 0.4) is 0 Å². The standard InChI is InChI=1S/C14H19N3O/c1-4-14(18)12-5-7-16(9-12)10-13-6-8-17(15-13)11(2)3/h5-9,11H,4,10H2,1-3H3. The summed E-state index contributed by atoms with van der Waals surface area (Å²) in [5, 5.41) is 4.49. The van der Waals surface area contributed by atoms with E-state index in [1.54, 1.807) is 0 Å². The lowest BCUT2D eigenvalue weighted by atomic mass is 10.2. The first kappa shape index (κ1) is 12.6. The van der Waals surface area contributed by atoms with Crippen LogP contribution in [-0.2, 0) is 6.54 Å². The second kappa shape index (κ2) is 5.21. The summed E-state index contributed by atoms with van der Waals surface area (Å²) in [4.78, 5) is 11.5. The predicted octanol–water partition coefficient (Wildman–Crippen LogP) is 2.91. The Labute approximate surface area is 107 Å². The molecule has 0 aliphatic rings. The Balaban J connectivity index is 2.08. The molecule has 2 rings (SSSR count). The maximum atomic E-state index is 11.5. The SMILES string of the molecule is CCC(=O)c1ccn(Cc2ccn(C(C)C)n2)c1. The summed E-state index contributed by atoms with van der Waals surface area (Å²) < 4.78 is 3.94. The van der Waals surface area contributed by atoms with Crippen molar-refractivity contribution in [3.63, 3.8) is 0 Å². The molecular formula is C14H19N3O. The maximum absolute atomic E-state index is 11.5. The van der Waals surface area contributed by atoms with E-state index in [0.717, 1.165) is 11.3 Å². The fraction of sp³-hybridized carbons (Fsp3) is 0.429. The lowest BCUT2D eigenvalue weighted by molar-refractivity contribution is 0.0988. The molecule has 2 heterocycles. The molecule has 0 saturated carbocycles. The van der Waals surface area contributed by atoms with E-state index in [4.69, 9.17) is 0 Å². The van der Waals surface area contributed by atoms with Gasteiger partial charge in [0, 0.05) is 36.6 Å². The molecule has 0 atom stereocenters. The Hall–Kier alpha value is -1.84. The first-order valence-electron chi connectivity index (χ1n) is 6.33. The molecule has 0 N–H and O–H groups in total. The van der Waals surface area contributed by atoms with E-state index in [1.165, 1.54) is 0 Å². The van der Waals surface area contributed by atoms with Crippen molar-refractivity contribution in [3.05, 3.63) is 42.0 Å². The van der Waals surface area contributed by atoms with Crippen LogP contribution in [0.2, 0.25) is 0 Å². The van der Waals surface area contributed by atoms with Gasteiger partial charge in [-0.3, -0.25) is 9.48 Å². The van der Waals surface area contributed by atoms with E-state index in [9.17, 15) is 4.79 Å². The average molecular weight is 245 g/mol. The van der Waals surface area contributed by atoms with E-state index in [-0.39, 0.29) is 5.78 Å². The van der Waals surface area contributed by atoms with E-state index in [2.05, 4.69) is 18.9 Å². The van der Waals surface area contributed by atoms with Gasteiger partial charge in [0.1, 0.15) is 0 Å². The number of ketones is 1. The number of carbonyl (C=O) groups excluding carboxylic acids is 1. The molecule has 0 aliphatic heterocycles. The molecule has 0 aromatic carbocycles. The van der Waals surface area contributed by atoms with Crippen molar-refractivity contribution in [1.82, 2.24) is 14.3 Å². The molecule has 0 unspecified atom stereocenters. The Kier molecular flexibility index (Phi) is 3.65. The zero-order valence-corrected chi connectivity index (χ0v) is 11.1. The van der Waals surface area contributed by atoms with Gasteiger partial charge < -0.3 is 4.57 Å². The molecule has 0 fully saturated rings. The van der Waals surface area contributed by atoms with Crippen LogP contribution in [0.1, 0.15) is 49.3 Å². The van der Waals surface area contributed by atoms with Crippen molar-refractivity contribution in [2.24, 2.45) is 0 Å². The summed E-state index contributed by atoms with van der Waals surface area (Å²) >= 11 is 0. The van der Waals surface area contributed by atoms with Crippen LogP contribution < -0.4 is 0 Å². The van der Waals surface area contributed by atoms with Crippen molar-refractivity contribution >= 4 is 5.78 Å². The van der Waals surface area contributed by atoms with Gasteiger partial charge in [0.2, 0.25) is 0 Å².